The number of hydrogen-bond acceptors (Lipinski definition) is 0. The molecule has 0 saturated heterocycles. The third kappa shape index (κ3) is 1.04. The summed E-state index contributed by atoms with van der Waals surface area (Å²) in [5.74, 6) is 0. The van der Waals surface area contributed by atoms with Crippen LogP contribution < -0.4 is 0 Å². The molecule has 0 aliphatic heterocycles. The van der Waals surface area contributed by atoms with Crippen LogP contribution in [0.1, 0.15) is 6.42 Å². The quantitative estimate of drug-likeness (QED) is 0.427. The second-order valence-corrected chi connectivity index (χ2v) is 1.57. The van der Waals surface area contributed by atoms with E-state index < -0.39 is 0 Å². The van der Waals surface area contributed by atoms with Crippen molar-refractivity contribution in [3.63, 3.8) is 0 Å². The van der Waals surface area contributed by atoms with E-state index in [2.05, 4.69) is 0 Å². The maximum absolute atomic E-state index is 5.41. The molecule has 0 fully saturated rings. The molecule has 0 aromatic carbocycles. The number of rotatable bonds is 0. The summed E-state index contributed by atoms with van der Waals surface area (Å²) >= 11 is 0. The molecular weight excluding hydrogens is 84.1 g/mol. The summed E-state index contributed by atoms with van der Waals surface area (Å²) in [5.41, 5.74) is 0.947. The van der Waals surface area contributed by atoms with Crippen molar-refractivity contribution in [2.24, 2.45) is 0 Å². The van der Waals surface area contributed by atoms with Crippen molar-refractivity contribution >= 4 is 0 Å². The average molecular weight is 91.1 g/mol. The van der Waals surface area contributed by atoms with Crippen LogP contribution in [0.2, 0.25) is 0 Å². The molecular formula is C7H7. The Morgan fingerprint density at radius 3 is 2.57 bits per heavy atom. The Bertz CT molecular complexity index is 127. The summed E-state index contributed by atoms with van der Waals surface area (Å²) in [6.45, 7) is 5.41. The molecule has 0 aromatic rings. The second kappa shape index (κ2) is 1.78. The molecule has 1 aliphatic carbocycles. The minimum atomic E-state index is 0.913. The Kier molecular flexibility index (Phi) is 1.12. The van der Waals surface area contributed by atoms with Gasteiger partial charge in [-0.05, 0) is 12.0 Å². The normalized spacial score (nSPS) is 18.0. The third-order valence-corrected chi connectivity index (χ3v) is 0.911. The van der Waals surface area contributed by atoms with Crippen molar-refractivity contribution in [2.75, 3.05) is 0 Å². The van der Waals surface area contributed by atoms with Gasteiger partial charge in [-0.3, -0.25) is 0 Å². The molecule has 0 unspecified atom stereocenters. The summed E-state index contributed by atoms with van der Waals surface area (Å²) in [7, 11) is 0. The fourth-order valence-corrected chi connectivity index (χ4v) is 0.530. The Morgan fingerprint density at radius 1 is 1.43 bits per heavy atom. The first-order chi connectivity index (χ1) is 3.39. The molecule has 0 heteroatoms. The van der Waals surface area contributed by atoms with Crippen LogP contribution in [0.4, 0.5) is 0 Å². The van der Waals surface area contributed by atoms with E-state index in [1.807, 2.05) is 24.3 Å². The van der Waals surface area contributed by atoms with Gasteiger partial charge in [0.1, 0.15) is 0 Å². The fraction of sp³-hybridized carbons (Fsp3) is 0.143. The minimum absolute atomic E-state index is 0.913. The van der Waals surface area contributed by atoms with Crippen molar-refractivity contribution in [2.45, 2.75) is 6.42 Å². The molecule has 0 aromatic heterocycles. The van der Waals surface area contributed by atoms with Crippen LogP contribution in [-0.4, -0.2) is 0 Å². The first-order valence-electron chi connectivity index (χ1n) is 2.34. The van der Waals surface area contributed by atoms with Gasteiger partial charge in [0, 0.05) is 0 Å². The second-order valence-electron chi connectivity index (χ2n) is 1.57. The van der Waals surface area contributed by atoms with E-state index in [9.17, 15) is 0 Å². The van der Waals surface area contributed by atoms with Crippen LogP contribution >= 0.6 is 0 Å². The summed E-state index contributed by atoms with van der Waals surface area (Å²) < 4.78 is 0. The van der Waals surface area contributed by atoms with Gasteiger partial charge in [-0.25, -0.2) is 0 Å². The Hall–Kier alpha value is -0.780. The molecule has 0 saturated carbocycles. The molecule has 0 spiro atoms. The monoisotopic (exact) mass is 91.1 g/mol. The summed E-state index contributed by atoms with van der Waals surface area (Å²) in [6, 6.07) is 0. The van der Waals surface area contributed by atoms with Gasteiger partial charge in [0.2, 0.25) is 0 Å². The van der Waals surface area contributed by atoms with Gasteiger partial charge in [0.05, 0.1) is 0 Å². The van der Waals surface area contributed by atoms with Gasteiger partial charge in [-0.2, -0.15) is 0 Å². The predicted molar refractivity (Wildman–Crippen MR) is 30.7 cm³/mol. The van der Waals surface area contributed by atoms with Crippen LogP contribution in [0.5, 0.6) is 0 Å². The molecule has 35 valence electrons. The van der Waals surface area contributed by atoms with Gasteiger partial charge in [-0.15, -0.1) is 0 Å². The average Bonchev–Trinajstić information content (AvgIpc) is 1.69. The lowest BCUT2D eigenvalue weighted by Crippen LogP contribution is -1.74. The lowest BCUT2D eigenvalue weighted by atomic mass is 10.1. The van der Waals surface area contributed by atoms with E-state index in [1.54, 1.807) is 0 Å². The molecule has 1 radical (unpaired) electrons. The van der Waals surface area contributed by atoms with Gasteiger partial charge < -0.3 is 0 Å². The van der Waals surface area contributed by atoms with Gasteiger partial charge in [-0.1, -0.05) is 30.9 Å². The maximum Gasteiger partial charge on any atom is -0.00943 e. The Balaban J connectivity index is 2.66. The summed E-state index contributed by atoms with van der Waals surface area (Å²) in [5, 5.41) is 0. The van der Waals surface area contributed by atoms with Crippen LogP contribution in [0.25, 0.3) is 0 Å². The molecule has 7 heavy (non-hydrogen) atoms. The van der Waals surface area contributed by atoms with Crippen molar-refractivity contribution in [1.29, 1.82) is 0 Å². The van der Waals surface area contributed by atoms with E-state index in [-0.39, 0.29) is 0 Å². The highest BCUT2D eigenvalue weighted by atomic mass is 13.9. The molecule has 0 heterocycles. The van der Waals surface area contributed by atoms with Crippen molar-refractivity contribution < 1.29 is 0 Å². The van der Waals surface area contributed by atoms with Crippen LogP contribution in [0.15, 0.2) is 29.9 Å². The van der Waals surface area contributed by atoms with E-state index in [0.717, 1.165) is 12.0 Å². The van der Waals surface area contributed by atoms with Crippen molar-refractivity contribution in [1.82, 2.24) is 0 Å². The molecule has 0 nitrogen and oxygen atoms in total. The molecule has 0 atom stereocenters. The molecule has 0 bridgehead atoms. The van der Waals surface area contributed by atoms with Gasteiger partial charge in [0.25, 0.3) is 0 Å². The zero-order valence-electron chi connectivity index (χ0n) is 4.09. The minimum Gasteiger partial charge on any atom is -0.0801 e. The highest BCUT2D eigenvalue weighted by Gasteiger charge is 1.85. The van der Waals surface area contributed by atoms with Crippen molar-refractivity contribution in [3.8, 4) is 0 Å². The Labute approximate surface area is 43.9 Å². The van der Waals surface area contributed by atoms with Crippen LogP contribution in [-0.2, 0) is 0 Å². The molecule has 0 N–H and O–H groups in total. The zero-order chi connectivity index (χ0) is 5.11. The zero-order valence-corrected chi connectivity index (χ0v) is 4.09. The number of allylic oxidation sites excluding steroid dienone is 5. The highest BCUT2D eigenvalue weighted by molar-refractivity contribution is 5.25. The topological polar surface area (TPSA) is 0 Å². The van der Waals surface area contributed by atoms with E-state index in [4.69, 9.17) is 6.58 Å². The molecule has 1 rings (SSSR count). The lowest BCUT2D eigenvalue weighted by molar-refractivity contribution is 1.27. The standard InChI is InChI=1S/C7H7/c1-7-5-3-2-4-6-7/h1-5H,6H2. The molecule has 1 aliphatic rings. The SMILES string of the molecule is [CH]=C1C=CC=CC1. The van der Waals surface area contributed by atoms with E-state index in [1.165, 1.54) is 0 Å². The Morgan fingerprint density at radius 2 is 2.29 bits per heavy atom. The van der Waals surface area contributed by atoms with Crippen molar-refractivity contribution in [3.05, 3.63) is 36.5 Å². The van der Waals surface area contributed by atoms with Crippen LogP contribution in [0, 0.1) is 6.58 Å². The largest absolute Gasteiger partial charge is 0.0801 e. The van der Waals surface area contributed by atoms with Gasteiger partial charge >= 0.3 is 0 Å². The number of hydrogen-bond donors (Lipinski definition) is 0. The predicted octanol–water partition coefficient (Wildman–Crippen LogP) is 1.86. The van der Waals surface area contributed by atoms with E-state index in [0.29, 0.717) is 0 Å². The molecule has 0 amide bonds. The first kappa shape index (κ1) is 4.38. The fourth-order valence-electron chi connectivity index (χ4n) is 0.530. The van der Waals surface area contributed by atoms with Crippen LogP contribution in [0.3, 0.4) is 0 Å². The van der Waals surface area contributed by atoms with Gasteiger partial charge in [0.15, 0.2) is 0 Å². The highest BCUT2D eigenvalue weighted by Crippen LogP contribution is 2.04. The summed E-state index contributed by atoms with van der Waals surface area (Å²) in [6.07, 6.45) is 8.81. The smallest absolute Gasteiger partial charge is 0.00943 e. The van der Waals surface area contributed by atoms with E-state index >= 15 is 0 Å². The first-order valence-corrected chi connectivity index (χ1v) is 2.34. The maximum atomic E-state index is 5.41. The summed E-state index contributed by atoms with van der Waals surface area (Å²) in [4.78, 5) is 0. The third-order valence-electron chi connectivity index (χ3n) is 0.911. The lowest BCUT2D eigenvalue weighted by Gasteiger charge is -1.94.